The van der Waals surface area contributed by atoms with Gasteiger partial charge in [0.15, 0.2) is 0 Å². The van der Waals surface area contributed by atoms with Crippen molar-refractivity contribution in [1.82, 2.24) is 4.90 Å². The van der Waals surface area contributed by atoms with Gasteiger partial charge in [-0.15, -0.1) is 0 Å². The number of fused-ring (bicyclic) bond motifs is 1. The number of ether oxygens (including phenoxy) is 2. The molecule has 7 heteroatoms. The van der Waals surface area contributed by atoms with Crippen molar-refractivity contribution in [1.29, 1.82) is 0 Å². The number of likely N-dealkylation sites (tertiary alicyclic amines) is 1. The average Bonchev–Trinajstić information content (AvgIpc) is 3.18. The van der Waals surface area contributed by atoms with Crippen molar-refractivity contribution < 1.29 is 24.2 Å². The van der Waals surface area contributed by atoms with Crippen molar-refractivity contribution in [2.24, 2.45) is 0 Å². The number of rotatable bonds is 6. The highest BCUT2D eigenvalue weighted by Crippen LogP contribution is 2.42. The maximum Gasteiger partial charge on any atom is 0.295 e. The number of Topliss-reactive ketones (excluding diaryl/α,β-unsaturated/α-hetero) is 1. The summed E-state index contributed by atoms with van der Waals surface area (Å²) in [6.45, 7) is 5.73. The number of ketones is 1. The molecular formula is C31H32N2O5. The van der Waals surface area contributed by atoms with Gasteiger partial charge in [0.05, 0.1) is 31.0 Å². The molecule has 1 amide bonds. The Hall–Kier alpha value is -4.26. The molecule has 2 aliphatic rings. The molecular weight excluding hydrogens is 480 g/mol. The standard InChI is InChI=1S/C31H32N2O5/c1-19(2)21-7-9-22(10-8-21)28-27(29(34)23-11-14-26-25(17-23)32(3)15-16-38-26)30(35)31(36)33(28)18-20-5-12-24(37-4)13-6-20/h5-14,17,19,28,34H,15-16,18H2,1-4H3/b29-27-. The maximum absolute atomic E-state index is 13.5. The molecule has 0 saturated carbocycles. The second kappa shape index (κ2) is 10.2. The smallest absolute Gasteiger partial charge is 0.295 e. The molecule has 7 nitrogen and oxygen atoms in total. The Bertz CT molecular complexity index is 1390. The molecule has 0 aliphatic carbocycles. The lowest BCUT2D eigenvalue weighted by atomic mass is 9.93. The second-order valence-corrected chi connectivity index (χ2v) is 10.0. The zero-order chi connectivity index (χ0) is 27.0. The molecule has 2 aliphatic heterocycles. The number of aliphatic hydroxyl groups excluding tert-OH is 1. The Morgan fingerprint density at radius 2 is 1.76 bits per heavy atom. The zero-order valence-corrected chi connectivity index (χ0v) is 22.1. The number of anilines is 1. The minimum atomic E-state index is -0.733. The van der Waals surface area contributed by atoms with Crippen LogP contribution in [0.25, 0.3) is 5.76 Å². The molecule has 38 heavy (non-hydrogen) atoms. The number of aliphatic hydroxyl groups is 1. The molecule has 3 aromatic carbocycles. The van der Waals surface area contributed by atoms with Gasteiger partial charge >= 0.3 is 0 Å². The number of benzene rings is 3. The summed E-state index contributed by atoms with van der Waals surface area (Å²) in [5.41, 5.74) is 4.14. The minimum absolute atomic E-state index is 0.0835. The third-order valence-corrected chi connectivity index (χ3v) is 7.30. The molecule has 196 valence electrons. The van der Waals surface area contributed by atoms with E-state index in [1.54, 1.807) is 25.3 Å². The maximum atomic E-state index is 13.5. The van der Waals surface area contributed by atoms with Gasteiger partial charge in [0.1, 0.15) is 23.9 Å². The van der Waals surface area contributed by atoms with E-state index in [2.05, 4.69) is 13.8 Å². The SMILES string of the molecule is COc1ccc(CN2C(=O)C(=O)/C(=C(\O)c3ccc4c(c3)N(C)CCO4)C2c2ccc(C(C)C)cc2)cc1. The van der Waals surface area contributed by atoms with Crippen molar-refractivity contribution in [3.05, 3.63) is 94.6 Å². The van der Waals surface area contributed by atoms with E-state index in [9.17, 15) is 14.7 Å². The highest BCUT2D eigenvalue weighted by atomic mass is 16.5. The molecule has 0 bridgehead atoms. The van der Waals surface area contributed by atoms with Gasteiger partial charge in [-0.25, -0.2) is 0 Å². The van der Waals surface area contributed by atoms with Crippen molar-refractivity contribution in [2.45, 2.75) is 32.4 Å². The third-order valence-electron chi connectivity index (χ3n) is 7.30. The summed E-state index contributed by atoms with van der Waals surface area (Å²) < 4.78 is 11.0. The first kappa shape index (κ1) is 25.4. The van der Waals surface area contributed by atoms with E-state index in [0.29, 0.717) is 30.4 Å². The van der Waals surface area contributed by atoms with Crippen molar-refractivity contribution in [2.75, 3.05) is 32.2 Å². The van der Waals surface area contributed by atoms with Gasteiger partial charge in [-0.2, -0.15) is 0 Å². The molecule has 2 heterocycles. The van der Waals surface area contributed by atoms with Crippen LogP contribution in [-0.2, 0) is 16.1 Å². The van der Waals surface area contributed by atoms with E-state index in [1.807, 2.05) is 60.5 Å². The van der Waals surface area contributed by atoms with Crippen LogP contribution in [0.3, 0.4) is 0 Å². The number of methoxy groups -OCH3 is 1. The summed E-state index contributed by atoms with van der Waals surface area (Å²) in [4.78, 5) is 30.4. The van der Waals surface area contributed by atoms with Crippen LogP contribution in [0.15, 0.2) is 72.3 Å². The summed E-state index contributed by atoms with van der Waals surface area (Å²) in [6, 6.07) is 19.9. The van der Waals surface area contributed by atoms with E-state index in [-0.39, 0.29) is 17.9 Å². The number of carbonyl (C=O) groups is 2. The Kier molecular flexibility index (Phi) is 6.85. The van der Waals surface area contributed by atoms with Gasteiger partial charge in [-0.05, 0) is 52.9 Å². The fraction of sp³-hybridized carbons (Fsp3) is 0.290. The van der Waals surface area contributed by atoms with Crippen LogP contribution in [0.1, 0.15) is 48.1 Å². The third kappa shape index (κ3) is 4.60. The Morgan fingerprint density at radius 3 is 2.42 bits per heavy atom. The van der Waals surface area contributed by atoms with Crippen LogP contribution in [0.2, 0.25) is 0 Å². The van der Waals surface area contributed by atoms with Gasteiger partial charge in [0.2, 0.25) is 0 Å². The molecule has 1 saturated heterocycles. The van der Waals surface area contributed by atoms with Crippen LogP contribution in [-0.4, -0.2) is 49.0 Å². The largest absolute Gasteiger partial charge is 0.507 e. The first-order chi connectivity index (χ1) is 18.3. The minimum Gasteiger partial charge on any atom is -0.507 e. The van der Waals surface area contributed by atoms with Crippen LogP contribution in [0, 0.1) is 0 Å². The lowest BCUT2D eigenvalue weighted by molar-refractivity contribution is -0.140. The highest BCUT2D eigenvalue weighted by molar-refractivity contribution is 6.46. The lowest BCUT2D eigenvalue weighted by Gasteiger charge is -2.28. The van der Waals surface area contributed by atoms with E-state index < -0.39 is 17.7 Å². The summed E-state index contributed by atoms with van der Waals surface area (Å²) in [5.74, 6) is 0.230. The van der Waals surface area contributed by atoms with Crippen LogP contribution < -0.4 is 14.4 Å². The Labute approximate surface area is 222 Å². The molecule has 1 unspecified atom stereocenters. The van der Waals surface area contributed by atoms with E-state index in [1.165, 1.54) is 4.90 Å². The summed E-state index contributed by atoms with van der Waals surface area (Å²) >= 11 is 0. The van der Waals surface area contributed by atoms with Crippen molar-refractivity contribution in [3.63, 3.8) is 0 Å². The van der Waals surface area contributed by atoms with Crippen molar-refractivity contribution in [3.8, 4) is 11.5 Å². The second-order valence-electron chi connectivity index (χ2n) is 10.0. The summed E-state index contributed by atoms with van der Waals surface area (Å²) in [6.07, 6.45) is 0. The molecule has 3 aromatic rings. The van der Waals surface area contributed by atoms with E-state index in [0.717, 1.165) is 28.1 Å². The fourth-order valence-electron chi connectivity index (χ4n) is 5.03. The lowest BCUT2D eigenvalue weighted by Crippen LogP contribution is -2.29. The average molecular weight is 513 g/mol. The quantitative estimate of drug-likeness (QED) is 0.275. The molecule has 0 aromatic heterocycles. The summed E-state index contributed by atoms with van der Waals surface area (Å²) in [7, 11) is 3.55. The van der Waals surface area contributed by atoms with Crippen LogP contribution in [0.4, 0.5) is 5.69 Å². The summed E-state index contributed by atoms with van der Waals surface area (Å²) in [5, 5.41) is 11.5. The van der Waals surface area contributed by atoms with Crippen molar-refractivity contribution >= 4 is 23.1 Å². The predicted molar refractivity (Wildman–Crippen MR) is 147 cm³/mol. The number of amides is 1. The van der Waals surface area contributed by atoms with Crippen LogP contribution >= 0.6 is 0 Å². The number of hydrogen-bond acceptors (Lipinski definition) is 6. The number of likely N-dealkylation sites (N-methyl/N-ethyl adjacent to an activating group) is 1. The van der Waals surface area contributed by atoms with Crippen LogP contribution in [0.5, 0.6) is 11.5 Å². The fourth-order valence-corrected chi connectivity index (χ4v) is 5.03. The van der Waals surface area contributed by atoms with E-state index >= 15 is 0 Å². The molecule has 1 N–H and O–H groups in total. The molecule has 5 rings (SSSR count). The molecule has 1 atom stereocenters. The highest BCUT2D eigenvalue weighted by Gasteiger charge is 2.46. The van der Waals surface area contributed by atoms with Gasteiger partial charge in [-0.1, -0.05) is 50.2 Å². The Balaban J connectivity index is 1.61. The zero-order valence-electron chi connectivity index (χ0n) is 22.1. The number of hydrogen-bond donors (Lipinski definition) is 1. The first-order valence-electron chi connectivity index (χ1n) is 12.8. The normalized spacial score (nSPS) is 18.5. The van der Waals surface area contributed by atoms with Gasteiger partial charge < -0.3 is 24.4 Å². The monoisotopic (exact) mass is 512 g/mol. The van der Waals surface area contributed by atoms with Gasteiger partial charge in [0.25, 0.3) is 11.7 Å². The number of carbonyl (C=O) groups excluding carboxylic acids is 2. The van der Waals surface area contributed by atoms with E-state index in [4.69, 9.17) is 9.47 Å². The first-order valence-corrected chi connectivity index (χ1v) is 12.8. The Morgan fingerprint density at radius 1 is 1.05 bits per heavy atom. The number of nitrogens with zero attached hydrogens (tertiary/aromatic N) is 2. The van der Waals surface area contributed by atoms with Gasteiger partial charge in [0, 0.05) is 19.2 Å². The topological polar surface area (TPSA) is 79.3 Å². The molecule has 0 radical (unpaired) electrons. The predicted octanol–water partition coefficient (Wildman–Crippen LogP) is 5.27. The van der Waals surface area contributed by atoms with Gasteiger partial charge in [-0.3, -0.25) is 9.59 Å². The molecule has 1 fully saturated rings. The molecule has 0 spiro atoms.